The van der Waals surface area contributed by atoms with Gasteiger partial charge in [-0.15, -0.1) is 0 Å². The minimum Gasteiger partial charge on any atom is -0.394 e. The third-order valence-electron chi connectivity index (χ3n) is 3.91. The summed E-state index contributed by atoms with van der Waals surface area (Å²) in [5, 5.41) is 9.19. The van der Waals surface area contributed by atoms with E-state index in [1.165, 1.54) is 0 Å². The summed E-state index contributed by atoms with van der Waals surface area (Å²) in [5.41, 5.74) is 0.757. The largest absolute Gasteiger partial charge is 0.394 e. The molecular weight excluding hydrogens is 244 g/mol. The van der Waals surface area contributed by atoms with Crippen LogP contribution in [0.1, 0.15) is 36.3 Å². The zero-order valence-electron chi connectivity index (χ0n) is 11.2. The minimum absolute atomic E-state index is 0.0415. The molecule has 2 atom stereocenters. The number of rotatable bonds is 3. The molecule has 2 fully saturated rings. The number of carbonyl (C=O) groups is 1. The first kappa shape index (κ1) is 12.7. The molecule has 1 aliphatic heterocycles. The van der Waals surface area contributed by atoms with E-state index in [1.54, 1.807) is 0 Å². The summed E-state index contributed by atoms with van der Waals surface area (Å²) >= 11 is 0. The lowest BCUT2D eigenvalue weighted by atomic mass is 10.2. The maximum Gasteiger partial charge on any atom is 0.270 e. The van der Waals surface area contributed by atoms with Gasteiger partial charge in [-0.3, -0.25) is 4.79 Å². The van der Waals surface area contributed by atoms with Crippen molar-refractivity contribution in [3.63, 3.8) is 0 Å². The molecular formula is C14H20N2O3. The Hall–Kier alpha value is -1.33. The molecule has 2 heterocycles. The number of hydrogen-bond acceptors (Lipinski definition) is 3. The van der Waals surface area contributed by atoms with Crippen LogP contribution in [-0.2, 0) is 4.74 Å². The quantitative estimate of drug-likeness (QED) is 0.887. The van der Waals surface area contributed by atoms with Crippen molar-refractivity contribution in [2.45, 2.75) is 38.0 Å². The Bertz CT molecular complexity index is 467. The lowest BCUT2D eigenvalue weighted by Crippen LogP contribution is -2.52. The Morgan fingerprint density at radius 3 is 3.00 bits per heavy atom. The Labute approximate surface area is 112 Å². The van der Waals surface area contributed by atoms with Crippen LogP contribution in [0.4, 0.5) is 0 Å². The second kappa shape index (κ2) is 4.98. The second-order valence-electron chi connectivity index (χ2n) is 5.48. The average Bonchev–Trinajstić information content (AvgIpc) is 3.16. The van der Waals surface area contributed by atoms with E-state index < -0.39 is 0 Å². The van der Waals surface area contributed by atoms with Gasteiger partial charge in [-0.25, -0.2) is 0 Å². The highest BCUT2D eigenvalue weighted by atomic mass is 16.5. The smallest absolute Gasteiger partial charge is 0.270 e. The third-order valence-corrected chi connectivity index (χ3v) is 3.91. The topological polar surface area (TPSA) is 54.7 Å². The molecule has 1 saturated carbocycles. The lowest BCUT2D eigenvalue weighted by Gasteiger charge is -2.37. The normalized spacial score (nSPS) is 27.6. The number of aromatic nitrogens is 1. The molecule has 104 valence electrons. The van der Waals surface area contributed by atoms with E-state index in [1.807, 2.05) is 30.2 Å². The maximum atomic E-state index is 12.7. The van der Waals surface area contributed by atoms with Gasteiger partial charge in [0, 0.05) is 18.8 Å². The Balaban J connectivity index is 1.79. The number of carbonyl (C=O) groups excluding carboxylic acids is 1. The molecule has 1 saturated heterocycles. The van der Waals surface area contributed by atoms with E-state index in [4.69, 9.17) is 4.74 Å². The van der Waals surface area contributed by atoms with E-state index in [0.29, 0.717) is 19.2 Å². The van der Waals surface area contributed by atoms with Crippen molar-refractivity contribution < 1.29 is 14.6 Å². The van der Waals surface area contributed by atoms with Gasteiger partial charge in [-0.2, -0.15) is 0 Å². The molecule has 1 aliphatic carbocycles. The molecule has 1 amide bonds. The summed E-state index contributed by atoms with van der Waals surface area (Å²) in [6, 6.07) is 4.37. The first-order chi connectivity index (χ1) is 9.20. The molecule has 1 aromatic heterocycles. The van der Waals surface area contributed by atoms with E-state index in [2.05, 4.69) is 4.57 Å². The van der Waals surface area contributed by atoms with E-state index in [-0.39, 0.29) is 24.7 Å². The van der Waals surface area contributed by atoms with Gasteiger partial charge in [-0.1, -0.05) is 0 Å². The Kier molecular flexibility index (Phi) is 3.33. The van der Waals surface area contributed by atoms with Crippen LogP contribution in [0.3, 0.4) is 0 Å². The van der Waals surface area contributed by atoms with Gasteiger partial charge in [0.1, 0.15) is 5.69 Å². The predicted octanol–water partition coefficient (Wildman–Crippen LogP) is 1.04. The Morgan fingerprint density at radius 1 is 1.53 bits per heavy atom. The number of amides is 1. The predicted molar refractivity (Wildman–Crippen MR) is 70.0 cm³/mol. The molecule has 5 nitrogen and oxygen atoms in total. The van der Waals surface area contributed by atoms with Gasteiger partial charge in [0.15, 0.2) is 0 Å². The molecule has 19 heavy (non-hydrogen) atoms. The first-order valence-electron chi connectivity index (χ1n) is 6.91. The molecule has 3 rings (SSSR count). The summed E-state index contributed by atoms with van der Waals surface area (Å²) in [6.45, 7) is 2.89. The van der Waals surface area contributed by atoms with Gasteiger partial charge in [0.25, 0.3) is 5.91 Å². The van der Waals surface area contributed by atoms with Crippen LogP contribution in [0.25, 0.3) is 0 Å². The highest BCUT2D eigenvalue weighted by Gasteiger charge is 2.33. The van der Waals surface area contributed by atoms with Crippen molar-refractivity contribution in [2.24, 2.45) is 0 Å². The zero-order valence-corrected chi connectivity index (χ0v) is 11.2. The fraction of sp³-hybridized carbons (Fsp3) is 0.643. The highest BCUT2D eigenvalue weighted by molar-refractivity contribution is 5.93. The maximum absolute atomic E-state index is 12.7. The Morgan fingerprint density at radius 2 is 2.32 bits per heavy atom. The number of morpholine rings is 1. The number of aliphatic hydroxyl groups excluding tert-OH is 1. The summed E-state index contributed by atoms with van der Waals surface area (Å²) < 4.78 is 7.56. The van der Waals surface area contributed by atoms with Crippen LogP contribution < -0.4 is 0 Å². The number of ether oxygens (including phenoxy) is 1. The standard InChI is InChI=1S/C14H20N2O3/c1-10-9-19-12(8-17)7-16(10)14(18)13-3-2-6-15(13)11-4-5-11/h2-3,6,10-12,17H,4-5,7-9H2,1H3. The second-order valence-corrected chi connectivity index (χ2v) is 5.48. The average molecular weight is 264 g/mol. The van der Waals surface area contributed by atoms with Crippen molar-refractivity contribution in [1.82, 2.24) is 9.47 Å². The van der Waals surface area contributed by atoms with E-state index in [9.17, 15) is 9.90 Å². The molecule has 1 N–H and O–H groups in total. The number of aliphatic hydroxyl groups is 1. The number of hydrogen-bond donors (Lipinski definition) is 1. The fourth-order valence-electron chi connectivity index (χ4n) is 2.60. The SMILES string of the molecule is CC1COC(CO)CN1C(=O)c1cccn1C1CC1. The monoisotopic (exact) mass is 264 g/mol. The molecule has 1 aromatic rings. The van der Waals surface area contributed by atoms with Crippen LogP contribution >= 0.6 is 0 Å². The summed E-state index contributed by atoms with van der Waals surface area (Å²) in [4.78, 5) is 14.5. The van der Waals surface area contributed by atoms with Gasteiger partial charge >= 0.3 is 0 Å². The van der Waals surface area contributed by atoms with Crippen LogP contribution in [0, 0.1) is 0 Å². The lowest BCUT2D eigenvalue weighted by molar-refractivity contribution is -0.0669. The molecule has 0 aromatic carbocycles. The van der Waals surface area contributed by atoms with Gasteiger partial charge in [0.05, 0.1) is 25.4 Å². The molecule has 2 unspecified atom stereocenters. The number of nitrogens with zero attached hydrogens (tertiary/aromatic N) is 2. The van der Waals surface area contributed by atoms with Crippen LogP contribution in [0.15, 0.2) is 18.3 Å². The first-order valence-corrected chi connectivity index (χ1v) is 6.91. The van der Waals surface area contributed by atoms with Crippen LogP contribution in [-0.4, -0.2) is 52.4 Å². The molecule has 2 aliphatic rings. The molecule has 0 radical (unpaired) electrons. The van der Waals surface area contributed by atoms with E-state index >= 15 is 0 Å². The molecule has 5 heteroatoms. The van der Waals surface area contributed by atoms with Gasteiger partial charge < -0.3 is 19.3 Å². The van der Waals surface area contributed by atoms with E-state index in [0.717, 1.165) is 18.5 Å². The zero-order chi connectivity index (χ0) is 13.4. The van der Waals surface area contributed by atoms with Crippen molar-refractivity contribution in [1.29, 1.82) is 0 Å². The summed E-state index contributed by atoms with van der Waals surface area (Å²) in [6.07, 6.45) is 4.05. The van der Waals surface area contributed by atoms with Gasteiger partial charge in [0.2, 0.25) is 0 Å². The third kappa shape index (κ3) is 2.40. The van der Waals surface area contributed by atoms with Crippen molar-refractivity contribution >= 4 is 5.91 Å². The molecule has 0 bridgehead atoms. The van der Waals surface area contributed by atoms with Crippen molar-refractivity contribution in [2.75, 3.05) is 19.8 Å². The van der Waals surface area contributed by atoms with Crippen LogP contribution in [0.2, 0.25) is 0 Å². The molecule has 0 spiro atoms. The van der Waals surface area contributed by atoms with Crippen molar-refractivity contribution in [3.05, 3.63) is 24.0 Å². The summed E-state index contributed by atoms with van der Waals surface area (Å²) in [5.74, 6) is 0.0474. The minimum atomic E-state index is -0.260. The van der Waals surface area contributed by atoms with Crippen molar-refractivity contribution in [3.8, 4) is 0 Å². The summed E-state index contributed by atoms with van der Waals surface area (Å²) in [7, 11) is 0. The van der Waals surface area contributed by atoms with Crippen LogP contribution in [0.5, 0.6) is 0 Å². The highest BCUT2D eigenvalue weighted by Crippen LogP contribution is 2.36. The van der Waals surface area contributed by atoms with Gasteiger partial charge in [-0.05, 0) is 31.9 Å². The fourth-order valence-corrected chi connectivity index (χ4v) is 2.60.